The molecule has 2 aromatic rings. The van der Waals surface area contributed by atoms with Crippen molar-refractivity contribution in [2.75, 3.05) is 17.2 Å². The number of hydrogen-bond donors (Lipinski definition) is 2. The maximum absolute atomic E-state index is 12.3. The molecule has 0 aliphatic carbocycles. The molecule has 0 heterocycles. The highest BCUT2D eigenvalue weighted by molar-refractivity contribution is 9.10. The van der Waals surface area contributed by atoms with Crippen LogP contribution in [0.2, 0.25) is 0 Å². The van der Waals surface area contributed by atoms with E-state index < -0.39 is 0 Å². The molecule has 2 rings (SSSR count). The normalized spacial score (nSPS) is 11.0. The van der Waals surface area contributed by atoms with Crippen LogP contribution in [0.3, 0.4) is 0 Å². The fourth-order valence-corrected chi connectivity index (χ4v) is 3.04. The maximum Gasteiger partial charge on any atom is 0.262 e. The van der Waals surface area contributed by atoms with Crippen molar-refractivity contribution in [1.82, 2.24) is 0 Å². The second kappa shape index (κ2) is 9.73. The van der Waals surface area contributed by atoms with Gasteiger partial charge in [-0.2, -0.15) is 0 Å². The van der Waals surface area contributed by atoms with Crippen molar-refractivity contribution < 1.29 is 14.3 Å². The van der Waals surface area contributed by atoms with Gasteiger partial charge in [0.2, 0.25) is 5.91 Å². The minimum absolute atomic E-state index is 0.0424. The molecule has 2 N–H and O–H groups in total. The number of ether oxygens (including phenoxy) is 1. The Morgan fingerprint density at radius 1 is 1.00 bits per heavy atom. The van der Waals surface area contributed by atoms with Gasteiger partial charge in [-0.3, -0.25) is 9.59 Å². The second-order valence-corrected chi connectivity index (χ2v) is 8.52. The Bertz CT molecular complexity index is 844. The van der Waals surface area contributed by atoms with Crippen molar-refractivity contribution in [3.8, 4) is 5.75 Å². The zero-order valence-electron chi connectivity index (χ0n) is 16.8. The standard InChI is InChI=1S/C22H27BrN2O3/c1-5-7-20(26)24-16-8-6-9-17(13-16)25-21(27)14-28-19-11-10-15(23)12-18(19)22(2,3)4/h6,8-13H,5,7,14H2,1-4H3,(H,24,26)(H,25,27). The summed E-state index contributed by atoms with van der Waals surface area (Å²) in [5.41, 5.74) is 2.17. The quantitative estimate of drug-likeness (QED) is 0.589. The monoisotopic (exact) mass is 446 g/mol. The predicted octanol–water partition coefficient (Wildman–Crippen LogP) is 5.50. The van der Waals surface area contributed by atoms with Crippen LogP contribution >= 0.6 is 15.9 Å². The summed E-state index contributed by atoms with van der Waals surface area (Å²) >= 11 is 3.48. The Kier molecular flexibility index (Phi) is 7.63. The van der Waals surface area contributed by atoms with Crippen LogP contribution < -0.4 is 15.4 Å². The van der Waals surface area contributed by atoms with Gasteiger partial charge in [0.25, 0.3) is 5.91 Å². The number of amides is 2. The molecule has 0 aromatic heterocycles. The summed E-state index contributed by atoms with van der Waals surface area (Å²) in [6, 6.07) is 12.8. The van der Waals surface area contributed by atoms with Gasteiger partial charge in [0.15, 0.2) is 6.61 Å². The van der Waals surface area contributed by atoms with E-state index >= 15 is 0 Å². The molecule has 0 bridgehead atoms. The molecule has 5 nitrogen and oxygen atoms in total. The molecule has 2 aromatic carbocycles. The van der Waals surface area contributed by atoms with Crippen LogP contribution in [0.25, 0.3) is 0 Å². The Morgan fingerprint density at radius 3 is 2.25 bits per heavy atom. The third-order valence-electron chi connectivity index (χ3n) is 4.02. The Hall–Kier alpha value is -2.34. The van der Waals surface area contributed by atoms with E-state index in [0.717, 1.165) is 16.5 Å². The lowest BCUT2D eigenvalue weighted by Crippen LogP contribution is -2.22. The number of hydrogen-bond acceptors (Lipinski definition) is 3. The van der Waals surface area contributed by atoms with Crippen LogP contribution in [0, 0.1) is 0 Å². The molecular formula is C22H27BrN2O3. The Balaban J connectivity index is 1.99. The average molecular weight is 447 g/mol. The van der Waals surface area contributed by atoms with Crippen molar-refractivity contribution in [1.29, 1.82) is 0 Å². The van der Waals surface area contributed by atoms with Gasteiger partial charge in [0, 0.05) is 27.8 Å². The van der Waals surface area contributed by atoms with Crippen molar-refractivity contribution in [3.63, 3.8) is 0 Å². The lowest BCUT2D eigenvalue weighted by atomic mass is 9.86. The van der Waals surface area contributed by atoms with E-state index in [2.05, 4.69) is 47.3 Å². The summed E-state index contributed by atoms with van der Waals surface area (Å²) in [4.78, 5) is 24.0. The molecule has 0 atom stereocenters. The van der Waals surface area contributed by atoms with Gasteiger partial charge in [-0.1, -0.05) is 49.7 Å². The molecule has 0 aliphatic heterocycles. The number of nitrogens with one attached hydrogen (secondary N) is 2. The number of carbonyl (C=O) groups excluding carboxylic acids is 2. The van der Waals surface area contributed by atoms with Crippen molar-refractivity contribution >= 4 is 39.1 Å². The summed E-state index contributed by atoms with van der Waals surface area (Å²) < 4.78 is 6.75. The van der Waals surface area contributed by atoms with Crippen LogP contribution in [0.5, 0.6) is 5.75 Å². The Labute approximate surface area is 175 Å². The first-order chi connectivity index (χ1) is 13.2. The van der Waals surface area contributed by atoms with E-state index in [1.807, 2.05) is 25.1 Å². The number of benzene rings is 2. The number of rotatable bonds is 7. The van der Waals surface area contributed by atoms with Crippen LogP contribution in [-0.2, 0) is 15.0 Å². The number of carbonyl (C=O) groups is 2. The minimum atomic E-state index is -0.264. The highest BCUT2D eigenvalue weighted by Crippen LogP contribution is 2.33. The zero-order valence-corrected chi connectivity index (χ0v) is 18.4. The molecule has 150 valence electrons. The molecule has 0 aliphatic rings. The van der Waals surface area contributed by atoms with E-state index in [-0.39, 0.29) is 23.8 Å². The largest absolute Gasteiger partial charge is 0.483 e. The van der Waals surface area contributed by atoms with Crippen molar-refractivity contribution in [2.24, 2.45) is 0 Å². The van der Waals surface area contributed by atoms with E-state index in [1.54, 1.807) is 24.3 Å². The molecule has 0 spiro atoms. The van der Waals surface area contributed by atoms with Crippen LogP contribution in [0.1, 0.15) is 46.1 Å². The fraction of sp³-hybridized carbons (Fsp3) is 0.364. The molecule has 6 heteroatoms. The van der Waals surface area contributed by atoms with Crippen molar-refractivity contribution in [3.05, 3.63) is 52.5 Å². The number of halogens is 1. The summed E-state index contributed by atoms with van der Waals surface area (Å²) in [6.07, 6.45) is 1.25. The van der Waals surface area contributed by atoms with Gasteiger partial charge in [-0.15, -0.1) is 0 Å². The average Bonchev–Trinajstić information content (AvgIpc) is 2.60. The summed E-state index contributed by atoms with van der Waals surface area (Å²) in [5.74, 6) is 0.380. The van der Waals surface area contributed by atoms with Crippen molar-refractivity contribution in [2.45, 2.75) is 46.0 Å². The van der Waals surface area contributed by atoms with E-state index in [1.165, 1.54) is 0 Å². The van der Waals surface area contributed by atoms with E-state index in [4.69, 9.17) is 4.74 Å². The van der Waals surface area contributed by atoms with Gasteiger partial charge in [0.1, 0.15) is 5.75 Å². The first-order valence-corrected chi connectivity index (χ1v) is 10.1. The van der Waals surface area contributed by atoms with Gasteiger partial charge in [0.05, 0.1) is 0 Å². The molecule has 28 heavy (non-hydrogen) atoms. The third kappa shape index (κ3) is 6.68. The fourth-order valence-electron chi connectivity index (χ4n) is 2.68. The summed E-state index contributed by atoms with van der Waals surface area (Å²) in [7, 11) is 0. The lowest BCUT2D eigenvalue weighted by Gasteiger charge is -2.23. The second-order valence-electron chi connectivity index (χ2n) is 7.61. The molecule has 0 unspecified atom stereocenters. The SMILES string of the molecule is CCCC(=O)Nc1cccc(NC(=O)COc2ccc(Br)cc2C(C)(C)C)c1. The minimum Gasteiger partial charge on any atom is -0.483 e. The van der Waals surface area contributed by atoms with Gasteiger partial charge in [-0.25, -0.2) is 0 Å². The highest BCUT2D eigenvalue weighted by atomic mass is 79.9. The summed E-state index contributed by atoms with van der Waals surface area (Å²) in [6.45, 7) is 8.14. The van der Waals surface area contributed by atoms with Crippen LogP contribution in [-0.4, -0.2) is 18.4 Å². The van der Waals surface area contributed by atoms with Crippen LogP contribution in [0.4, 0.5) is 11.4 Å². The number of anilines is 2. The lowest BCUT2D eigenvalue weighted by molar-refractivity contribution is -0.118. The van der Waals surface area contributed by atoms with Gasteiger partial charge < -0.3 is 15.4 Å². The molecular weight excluding hydrogens is 420 g/mol. The maximum atomic E-state index is 12.3. The first-order valence-electron chi connectivity index (χ1n) is 9.31. The smallest absolute Gasteiger partial charge is 0.262 e. The third-order valence-corrected chi connectivity index (χ3v) is 4.51. The van der Waals surface area contributed by atoms with Gasteiger partial charge >= 0.3 is 0 Å². The van der Waals surface area contributed by atoms with Crippen LogP contribution in [0.15, 0.2) is 46.9 Å². The van der Waals surface area contributed by atoms with E-state index in [9.17, 15) is 9.59 Å². The molecule has 0 fully saturated rings. The zero-order chi connectivity index (χ0) is 20.7. The topological polar surface area (TPSA) is 67.4 Å². The highest BCUT2D eigenvalue weighted by Gasteiger charge is 2.20. The molecule has 2 amide bonds. The molecule has 0 radical (unpaired) electrons. The first kappa shape index (κ1) is 22.0. The molecule has 0 saturated heterocycles. The Morgan fingerprint density at radius 2 is 1.64 bits per heavy atom. The predicted molar refractivity (Wildman–Crippen MR) is 117 cm³/mol. The molecule has 0 saturated carbocycles. The van der Waals surface area contributed by atoms with E-state index in [0.29, 0.717) is 23.5 Å². The van der Waals surface area contributed by atoms with Gasteiger partial charge in [-0.05, 0) is 48.2 Å². The summed E-state index contributed by atoms with van der Waals surface area (Å²) in [5, 5.41) is 5.62.